The number of H-pyrrole nitrogens is 1. The maximum absolute atomic E-state index is 11.0. The first kappa shape index (κ1) is 13.0. The third kappa shape index (κ3) is 2.77. The first-order chi connectivity index (χ1) is 9.72. The van der Waals surface area contributed by atoms with Crippen molar-refractivity contribution in [2.45, 2.75) is 0 Å². The summed E-state index contributed by atoms with van der Waals surface area (Å²) >= 11 is 6.02. The Balaban J connectivity index is 1.67. The van der Waals surface area contributed by atoms with Crippen LogP contribution in [0, 0.1) is 0 Å². The molecule has 2 aromatic rings. The smallest absolute Gasteiger partial charge is 0.264 e. The van der Waals surface area contributed by atoms with Crippen molar-refractivity contribution in [2.75, 3.05) is 36.0 Å². The predicted molar refractivity (Wildman–Crippen MR) is 80.7 cm³/mol. The van der Waals surface area contributed by atoms with Gasteiger partial charge in [0.1, 0.15) is 5.82 Å². The van der Waals surface area contributed by atoms with Gasteiger partial charge in [0.2, 0.25) is 0 Å². The van der Waals surface area contributed by atoms with Crippen molar-refractivity contribution in [1.29, 1.82) is 0 Å². The van der Waals surface area contributed by atoms with Gasteiger partial charge in [0.05, 0.1) is 0 Å². The zero-order valence-electron chi connectivity index (χ0n) is 10.9. The Morgan fingerprint density at radius 2 is 1.80 bits per heavy atom. The highest BCUT2D eigenvalue weighted by molar-refractivity contribution is 6.30. The van der Waals surface area contributed by atoms with Crippen molar-refractivity contribution in [2.24, 2.45) is 0 Å². The molecule has 3 rings (SSSR count). The van der Waals surface area contributed by atoms with Crippen molar-refractivity contribution < 1.29 is 0 Å². The van der Waals surface area contributed by atoms with Crippen LogP contribution in [-0.4, -0.2) is 36.4 Å². The average molecular weight is 291 g/mol. The maximum Gasteiger partial charge on any atom is 0.264 e. The standard InChI is InChI=1S/C14H15ClN4O/c15-11-2-1-3-12(10-11)18-6-8-19(9-7-18)13-4-5-14(20)17-16-13/h1-5,10H,6-9H2,(H,17,20). The molecular weight excluding hydrogens is 276 g/mol. The number of aromatic nitrogens is 2. The number of rotatable bonds is 2. The number of anilines is 2. The summed E-state index contributed by atoms with van der Waals surface area (Å²) in [5.41, 5.74) is 0.970. The molecule has 1 N–H and O–H groups in total. The average Bonchev–Trinajstić information content (AvgIpc) is 2.48. The van der Waals surface area contributed by atoms with Gasteiger partial charge in [-0.05, 0) is 24.3 Å². The third-order valence-corrected chi connectivity index (χ3v) is 3.68. The van der Waals surface area contributed by atoms with E-state index in [1.807, 2.05) is 18.2 Å². The molecule has 20 heavy (non-hydrogen) atoms. The fraction of sp³-hybridized carbons (Fsp3) is 0.286. The van der Waals surface area contributed by atoms with E-state index in [9.17, 15) is 4.79 Å². The number of nitrogens with zero attached hydrogens (tertiary/aromatic N) is 3. The zero-order valence-corrected chi connectivity index (χ0v) is 11.7. The summed E-state index contributed by atoms with van der Waals surface area (Å²) in [6, 6.07) is 11.2. The van der Waals surface area contributed by atoms with E-state index >= 15 is 0 Å². The molecule has 5 nitrogen and oxygen atoms in total. The summed E-state index contributed by atoms with van der Waals surface area (Å²) in [4.78, 5) is 15.5. The molecule has 1 saturated heterocycles. The molecule has 1 aromatic heterocycles. The molecule has 1 aromatic carbocycles. The molecule has 0 bridgehead atoms. The quantitative estimate of drug-likeness (QED) is 0.915. The van der Waals surface area contributed by atoms with Crippen LogP contribution in [0.1, 0.15) is 0 Å². The second-order valence-electron chi connectivity index (χ2n) is 4.73. The van der Waals surface area contributed by atoms with Crippen molar-refractivity contribution in [3.8, 4) is 0 Å². The molecule has 1 aliphatic rings. The van der Waals surface area contributed by atoms with Gasteiger partial charge in [-0.1, -0.05) is 17.7 Å². The summed E-state index contributed by atoms with van der Waals surface area (Å²) in [7, 11) is 0. The van der Waals surface area contributed by atoms with E-state index in [0.29, 0.717) is 0 Å². The minimum absolute atomic E-state index is 0.175. The fourth-order valence-corrected chi connectivity index (χ4v) is 2.56. The lowest BCUT2D eigenvalue weighted by Gasteiger charge is -2.36. The summed E-state index contributed by atoms with van der Waals surface area (Å²) in [6.45, 7) is 3.54. The van der Waals surface area contributed by atoms with Crippen LogP contribution in [0.15, 0.2) is 41.2 Å². The Morgan fingerprint density at radius 3 is 2.45 bits per heavy atom. The highest BCUT2D eigenvalue weighted by Gasteiger charge is 2.18. The van der Waals surface area contributed by atoms with Crippen LogP contribution in [0.4, 0.5) is 11.5 Å². The van der Waals surface area contributed by atoms with Gasteiger partial charge in [-0.3, -0.25) is 4.79 Å². The minimum Gasteiger partial charge on any atom is -0.368 e. The summed E-state index contributed by atoms with van der Waals surface area (Å²) in [5, 5.41) is 7.29. The number of benzene rings is 1. The van der Waals surface area contributed by atoms with E-state index in [1.54, 1.807) is 6.07 Å². The molecule has 1 aliphatic heterocycles. The van der Waals surface area contributed by atoms with Crippen molar-refractivity contribution in [3.63, 3.8) is 0 Å². The maximum atomic E-state index is 11.0. The number of aromatic amines is 1. The van der Waals surface area contributed by atoms with Crippen LogP contribution in [-0.2, 0) is 0 Å². The van der Waals surface area contributed by atoms with Gasteiger partial charge >= 0.3 is 0 Å². The van der Waals surface area contributed by atoms with Gasteiger partial charge in [-0.2, -0.15) is 5.10 Å². The van der Waals surface area contributed by atoms with E-state index < -0.39 is 0 Å². The Morgan fingerprint density at radius 1 is 1.05 bits per heavy atom. The lowest BCUT2D eigenvalue weighted by molar-refractivity contribution is 0.643. The van der Waals surface area contributed by atoms with Gasteiger partial charge in [-0.25, -0.2) is 5.10 Å². The summed E-state index contributed by atoms with van der Waals surface area (Å²) < 4.78 is 0. The van der Waals surface area contributed by atoms with Crippen LogP contribution in [0.3, 0.4) is 0 Å². The molecule has 0 radical (unpaired) electrons. The SMILES string of the molecule is O=c1ccc(N2CCN(c3cccc(Cl)c3)CC2)n[nH]1. The highest BCUT2D eigenvalue weighted by Crippen LogP contribution is 2.21. The Labute approximate surface area is 121 Å². The lowest BCUT2D eigenvalue weighted by atomic mass is 10.2. The van der Waals surface area contributed by atoms with E-state index in [2.05, 4.69) is 26.1 Å². The van der Waals surface area contributed by atoms with Crippen molar-refractivity contribution in [3.05, 3.63) is 51.8 Å². The van der Waals surface area contributed by atoms with Crippen molar-refractivity contribution in [1.82, 2.24) is 10.2 Å². The second kappa shape index (κ2) is 5.54. The van der Waals surface area contributed by atoms with Crippen LogP contribution in [0.5, 0.6) is 0 Å². The third-order valence-electron chi connectivity index (χ3n) is 3.44. The molecular formula is C14H15ClN4O. The molecule has 0 unspecified atom stereocenters. The zero-order chi connectivity index (χ0) is 13.9. The predicted octanol–water partition coefficient (Wildman–Crippen LogP) is 1.75. The second-order valence-corrected chi connectivity index (χ2v) is 5.17. The Kier molecular flexibility index (Phi) is 3.60. The molecule has 0 aliphatic carbocycles. The Hall–Kier alpha value is -2.01. The number of halogens is 1. The number of nitrogens with one attached hydrogen (secondary N) is 1. The largest absolute Gasteiger partial charge is 0.368 e. The molecule has 0 saturated carbocycles. The lowest BCUT2D eigenvalue weighted by Crippen LogP contribution is -2.47. The number of piperazine rings is 1. The molecule has 6 heteroatoms. The van der Waals surface area contributed by atoms with Gasteiger partial charge in [0, 0.05) is 43.0 Å². The molecule has 0 atom stereocenters. The first-order valence-corrected chi connectivity index (χ1v) is 6.91. The number of hydrogen-bond acceptors (Lipinski definition) is 4. The van der Waals surface area contributed by atoms with E-state index in [1.165, 1.54) is 6.07 Å². The van der Waals surface area contributed by atoms with Gasteiger partial charge in [0.25, 0.3) is 5.56 Å². The normalized spacial score (nSPS) is 15.4. The van der Waals surface area contributed by atoms with E-state index in [-0.39, 0.29) is 5.56 Å². The van der Waals surface area contributed by atoms with Gasteiger partial charge < -0.3 is 9.80 Å². The van der Waals surface area contributed by atoms with E-state index in [4.69, 9.17) is 11.6 Å². The summed E-state index contributed by atoms with van der Waals surface area (Å²) in [6.07, 6.45) is 0. The minimum atomic E-state index is -0.175. The van der Waals surface area contributed by atoms with Crippen LogP contribution < -0.4 is 15.4 Å². The highest BCUT2D eigenvalue weighted by atomic mass is 35.5. The summed E-state index contributed by atoms with van der Waals surface area (Å²) in [5.74, 6) is 0.815. The number of hydrogen-bond donors (Lipinski definition) is 1. The fourth-order valence-electron chi connectivity index (χ4n) is 2.38. The molecule has 104 valence electrons. The molecule has 2 heterocycles. The molecule has 0 spiro atoms. The monoisotopic (exact) mass is 290 g/mol. The first-order valence-electron chi connectivity index (χ1n) is 6.53. The molecule has 1 fully saturated rings. The van der Waals surface area contributed by atoms with Crippen molar-refractivity contribution >= 4 is 23.1 Å². The van der Waals surface area contributed by atoms with Gasteiger partial charge in [0.15, 0.2) is 0 Å². The van der Waals surface area contributed by atoms with Crippen LogP contribution in [0.25, 0.3) is 0 Å². The van der Waals surface area contributed by atoms with Crippen LogP contribution >= 0.6 is 11.6 Å². The van der Waals surface area contributed by atoms with Gasteiger partial charge in [-0.15, -0.1) is 0 Å². The molecule has 0 amide bonds. The topological polar surface area (TPSA) is 52.2 Å². The van der Waals surface area contributed by atoms with Crippen LogP contribution in [0.2, 0.25) is 5.02 Å². The Bertz CT molecular complexity index is 629. The van der Waals surface area contributed by atoms with E-state index in [0.717, 1.165) is 42.7 Å².